The fourth-order valence-corrected chi connectivity index (χ4v) is 3.57. The van der Waals surface area contributed by atoms with Crippen LogP contribution < -0.4 is 0 Å². The van der Waals surface area contributed by atoms with E-state index in [1.54, 1.807) is 30.6 Å². The van der Waals surface area contributed by atoms with Crippen molar-refractivity contribution in [1.82, 2.24) is 24.3 Å². The van der Waals surface area contributed by atoms with Gasteiger partial charge in [0.25, 0.3) is 11.8 Å². The fourth-order valence-electron chi connectivity index (χ4n) is 3.57. The minimum absolute atomic E-state index is 0.0561. The van der Waals surface area contributed by atoms with Crippen molar-refractivity contribution in [3.8, 4) is 11.3 Å². The SMILES string of the molecule is O=C(c1ccc2ncc(-c3ccc4nccn4c3)nc2c1)N1CCC(F)(F)CC1. The molecule has 146 valence electrons. The van der Waals surface area contributed by atoms with Crippen LogP contribution in [0.3, 0.4) is 0 Å². The second-order valence-electron chi connectivity index (χ2n) is 7.22. The number of carbonyl (C=O) groups is 1. The van der Waals surface area contributed by atoms with Crippen LogP contribution in [0.2, 0.25) is 0 Å². The summed E-state index contributed by atoms with van der Waals surface area (Å²) in [6, 6.07) is 8.89. The fraction of sp³-hybridized carbons (Fsp3) is 0.238. The van der Waals surface area contributed by atoms with E-state index in [0.717, 1.165) is 11.2 Å². The van der Waals surface area contributed by atoms with Crippen molar-refractivity contribution < 1.29 is 13.6 Å². The molecule has 1 fully saturated rings. The largest absolute Gasteiger partial charge is 0.338 e. The molecule has 0 aliphatic carbocycles. The zero-order valence-electron chi connectivity index (χ0n) is 15.4. The Morgan fingerprint density at radius 3 is 2.69 bits per heavy atom. The summed E-state index contributed by atoms with van der Waals surface area (Å²) < 4.78 is 28.6. The molecule has 1 aromatic carbocycles. The lowest BCUT2D eigenvalue weighted by atomic mass is 10.1. The number of amides is 1. The zero-order valence-corrected chi connectivity index (χ0v) is 15.4. The van der Waals surface area contributed by atoms with Gasteiger partial charge in [-0.25, -0.2) is 18.7 Å². The van der Waals surface area contributed by atoms with Crippen LogP contribution in [0.25, 0.3) is 27.9 Å². The number of carbonyl (C=O) groups excluding carboxylic acids is 1. The van der Waals surface area contributed by atoms with Crippen LogP contribution in [-0.2, 0) is 0 Å². The van der Waals surface area contributed by atoms with Gasteiger partial charge in [-0.05, 0) is 30.3 Å². The van der Waals surface area contributed by atoms with Crippen molar-refractivity contribution in [2.75, 3.05) is 13.1 Å². The van der Waals surface area contributed by atoms with Crippen LogP contribution in [-0.4, -0.2) is 49.2 Å². The molecule has 0 spiro atoms. The Morgan fingerprint density at radius 1 is 1.03 bits per heavy atom. The molecule has 6 nitrogen and oxygen atoms in total. The van der Waals surface area contributed by atoms with E-state index in [4.69, 9.17) is 0 Å². The summed E-state index contributed by atoms with van der Waals surface area (Å²) >= 11 is 0. The first kappa shape index (κ1) is 17.7. The Balaban J connectivity index is 1.47. The van der Waals surface area contributed by atoms with E-state index in [9.17, 15) is 13.6 Å². The van der Waals surface area contributed by atoms with Crippen LogP contribution in [0.15, 0.2) is 55.1 Å². The number of aromatic nitrogens is 4. The number of likely N-dealkylation sites (tertiary alicyclic amines) is 1. The van der Waals surface area contributed by atoms with Gasteiger partial charge in [0, 0.05) is 55.6 Å². The average Bonchev–Trinajstić information content (AvgIpc) is 3.20. The van der Waals surface area contributed by atoms with E-state index in [0.29, 0.717) is 22.3 Å². The Labute approximate surface area is 164 Å². The minimum atomic E-state index is -2.68. The number of hydrogen-bond donors (Lipinski definition) is 0. The summed E-state index contributed by atoms with van der Waals surface area (Å²) in [5.74, 6) is -2.94. The highest BCUT2D eigenvalue weighted by molar-refractivity contribution is 5.97. The number of imidazole rings is 1. The second-order valence-corrected chi connectivity index (χ2v) is 7.22. The third-order valence-corrected chi connectivity index (χ3v) is 5.26. The number of hydrogen-bond acceptors (Lipinski definition) is 4. The maximum Gasteiger partial charge on any atom is 0.253 e. The second kappa shape index (κ2) is 6.58. The molecule has 0 bridgehead atoms. The topological polar surface area (TPSA) is 63.4 Å². The molecule has 4 aromatic rings. The number of nitrogens with zero attached hydrogens (tertiary/aromatic N) is 5. The summed E-state index contributed by atoms with van der Waals surface area (Å²) in [6.07, 6.45) is 6.58. The zero-order chi connectivity index (χ0) is 20.0. The lowest BCUT2D eigenvalue weighted by Gasteiger charge is -2.31. The molecule has 29 heavy (non-hydrogen) atoms. The highest BCUT2D eigenvalue weighted by Gasteiger charge is 2.35. The van der Waals surface area contributed by atoms with E-state index in [2.05, 4.69) is 15.0 Å². The molecule has 1 saturated heterocycles. The molecule has 0 N–H and O–H groups in total. The van der Waals surface area contributed by atoms with Gasteiger partial charge < -0.3 is 9.30 Å². The molecule has 3 aromatic heterocycles. The number of halogens is 2. The van der Waals surface area contributed by atoms with Gasteiger partial charge in [0.1, 0.15) is 5.65 Å². The normalized spacial score (nSPS) is 16.4. The van der Waals surface area contributed by atoms with Gasteiger partial charge in [-0.2, -0.15) is 0 Å². The lowest BCUT2D eigenvalue weighted by molar-refractivity contribution is -0.0494. The maximum atomic E-state index is 13.4. The van der Waals surface area contributed by atoms with E-state index in [1.807, 2.05) is 28.9 Å². The van der Waals surface area contributed by atoms with Crippen LogP contribution in [0.5, 0.6) is 0 Å². The Morgan fingerprint density at radius 2 is 1.86 bits per heavy atom. The summed E-state index contributed by atoms with van der Waals surface area (Å²) in [5, 5.41) is 0. The van der Waals surface area contributed by atoms with Crippen LogP contribution in [0, 0.1) is 0 Å². The molecule has 0 atom stereocenters. The van der Waals surface area contributed by atoms with Crippen molar-refractivity contribution >= 4 is 22.6 Å². The third-order valence-electron chi connectivity index (χ3n) is 5.26. The molecule has 4 heterocycles. The number of rotatable bonds is 2. The van der Waals surface area contributed by atoms with Gasteiger partial charge in [-0.15, -0.1) is 0 Å². The first-order chi connectivity index (χ1) is 14.0. The molecular formula is C21H17F2N5O. The molecule has 8 heteroatoms. The highest BCUT2D eigenvalue weighted by atomic mass is 19.3. The number of alkyl halides is 2. The number of fused-ring (bicyclic) bond motifs is 2. The monoisotopic (exact) mass is 393 g/mol. The Kier molecular flexibility index (Phi) is 4.01. The van der Waals surface area contributed by atoms with E-state index in [1.165, 1.54) is 4.90 Å². The van der Waals surface area contributed by atoms with Crippen LogP contribution in [0.1, 0.15) is 23.2 Å². The average molecular weight is 393 g/mol. The predicted molar refractivity (Wildman–Crippen MR) is 104 cm³/mol. The van der Waals surface area contributed by atoms with Crippen molar-refractivity contribution in [1.29, 1.82) is 0 Å². The number of benzene rings is 1. The van der Waals surface area contributed by atoms with Gasteiger partial charge in [-0.3, -0.25) is 9.78 Å². The molecule has 1 amide bonds. The summed E-state index contributed by atoms with van der Waals surface area (Å²) in [7, 11) is 0. The first-order valence-corrected chi connectivity index (χ1v) is 9.36. The van der Waals surface area contributed by atoms with Gasteiger partial charge in [0.15, 0.2) is 0 Å². The van der Waals surface area contributed by atoms with E-state index >= 15 is 0 Å². The lowest BCUT2D eigenvalue weighted by Crippen LogP contribution is -2.42. The Bertz CT molecular complexity index is 1230. The van der Waals surface area contributed by atoms with Crippen molar-refractivity contribution in [2.24, 2.45) is 0 Å². The maximum absolute atomic E-state index is 13.4. The Hall–Kier alpha value is -3.42. The molecule has 1 aliphatic heterocycles. The molecule has 0 radical (unpaired) electrons. The van der Waals surface area contributed by atoms with Gasteiger partial charge in [0.2, 0.25) is 0 Å². The van der Waals surface area contributed by atoms with Gasteiger partial charge in [-0.1, -0.05) is 0 Å². The summed E-state index contributed by atoms with van der Waals surface area (Å²) in [4.78, 5) is 27.6. The van der Waals surface area contributed by atoms with E-state index < -0.39 is 5.92 Å². The molecule has 5 rings (SSSR count). The quantitative estimate of drug-likeness (QED) is 0.519. The van der Waals surface area contributed by atoms with Gasteiger partial charge in [0.05, 0.1) is 22.9 Å². The number of pyridine rings is 1. The molecule has 0 saturated carbocycles. The van der Waals surface area contributed by atoms with Crippen LogP contribution >= 0.6 is 0 Å². The standard InChI is InChI=1S/C21H17F2N5O/c22-21(23)5-8-27(9-6-21)20(29)14-1-3-16-17(11-14)26-18(12-25-16)15-2-4-19-24-7-10-28(19)13-15/h1-4,7,10-13H,5-6,8-9H2. The highest BCUT2D eigenvalue weighted by Crippen LogP contribution is 2.29. The van der Waals surface area contributed by atoms with Crippen molar-refractivity contribution in [3.63, 3.8) is 0 Å². The third kappa shape index (κ3) is 3.30. The molecule has 0 unspecified atom stereocenters. The first-order valence-electron chi connectivity index (χ1n) is 9.36. The van der Waals surface area contributed by atoms with Gasteiger partial charge >= 0.3 is 0 Å². The molecule has 1 aliphatic rings. The van der Waals surface area contributed by atoms with E-state index in [-0.39, 0.29) is 31.8 Å². The predicted octanol–water partition coefficient (Wildman–Crippen LogP) is 3.82. The summed E-state index contributed by atoms with van der Waals surface area (Å²) in [6.45, 7) is 0.112. The molecular weight excluding hydrogens is 376 g/mol. The van der Waals surface area contributed by atoms with Crippen molar-refractivity contribution in [2.45, 2.75) is 18.8 Å². The smallest absolute Gasteiger partial charge is 0.253 e. The van der Waals surface area contributed by atoms with Crippen LogP contribution in [0.4, 0.5) is 8.78 Å². The number of piperidine rings is 1. The summed E-state index contributed by atoms with van der Waals surface area (Å²) in [5.41, 5.74) is 4.07. The van der Waals surface area contributed by atoms with Crippen molar-refractivity contribution in [3.05, 3.63) is 60.7 Å². The minimum Gasteiger partial charge on any atom is -0.338 e.